The number of carbonyl (C=O) groups is 1. The van der Waals surface area contributed by atoms with Crippen molar-refractivity contribution in [2.45, 2.75) is 24.6 Å². The molecule has 0 bridgehead atoms. The van der Waals surface area contributed by atoms with Gasteiger partial charge in [0.1, 0.15) is 5.75 Å². The van der Waals surface area contributed by atoms with Crippen molar-refractivity contribution >= 4 is 34.1 Å². The molecule has 2 heterocycles. The second kappa shape index (κ2) is 9.86. The summed E-state index contributed by atoms with van der Waals surface area (Å²) in [5.41, 5.74) is 1.77. The van der Waals surface area contributed by atoms with E-state index >= 15 is 0 Å². The van der Waals surface area contributed by atoms with Gasteiger partial charge in [-0.2, -0.15) is 0 Å². The van der Waals surface area contributed by atoms with Crippen LogP contribution in [0.5, 0.6) is 5.75 Å². The number of quaternary nitrogens is 1. The molecule has 0 aliphatic rings. The summed E-state index contributed by atoms with van der Waals surface area (Å²) >= 11 is 2.60. The zero-order chi connectivity index (χ0) is 20.8. The third-order valence-corrected chi connectivity index (χ3v) is 5.86. The zero-order valence-electron chi connectivity index (χ0n) is 16.8. The van der Waals surface area contributed by atoms with Crippen molar-refractivity contribution in [3.8, 4) is 17.0 Å². The molecule has 0 saturated heterocycles. The zero-order valence-corrected chi connectivity index (χ0v) is 18.4. The number of nitrogens with zero attached hydrogens (tertiary/aromatic N) is 3. The van der Waals surface area contributed by atoms with Crippen molar-refractivity contribution in [3.63, 3.8) is 0 Å². The number of thiazole rings is 1. The van der Waals surface area contributed by atoms with E-state index in [-0.39, 0.29) is 17.7 Å². The lowest BCUT2D eigenvalue weighted by atomic mass is 10.2. The molecule has 1 atom stereocenters. The highest BCUT2D eigenvalue weighted by Gasteiger charge is 2.22. The fraction of sp³-hybridized carbons (Fsp3) is 0.368. The SMILES string of the molecule is CC[C@H](c1nnc(SCC(=O)Nc2nc(-c3ccc(OC)cc3)cs2)o1)[NH+](C)C. The molecule has 1 amide bonds. The van der Waals surface area contributed by atoms with Gasteiger partial charge in [0.2, 0.25) is 5.91 Å². The van der Waals surface area contributed by atoms with Crippen molar-refractivity contribution in [1.29, 1.82) is 0 Å². The number of nitrogens with one attached hydrogen (secondary N) is 2. The van der Waals surface area contributed by atoms with Gasteiger partial charge in [-0.05, 0) is 24.3 Å². The minimum atomic E-state index is -0.171. The molecule has 1 aromatic carbocycles. The quantitative estimate of drug-likeness (QED) is 0.500. The van der Waals surface area contributed by atoms with Gasteiger partial charge in [-0.25, -0.2) is 4.98 Å². The molecule has 0 spiro atoms. The average molecular weight is 435 g/mol. The Morgan fingerprint density at radius 2 is 2.07 bits per heavy atom. The first kappa shape index (κ1) is 21.3. The Balaban J connectivity index is 1.54. The molecule has 0 aliphatic carbocycles. The van der Waals surface area contributed by atoms with E-state index in [9.17, 15) is 4.79 Å². The Hall–Kier alpha value is -2.43. The number of aromatic nitrogens is 3. The van der Waals surface area contributed by atoms with Gasteiger partial charge in [0, 0.05) is 17.4 Å². The standard InChI is InChI=1S/C19H23N5O3S2/c1-5-15(24(2)3)17-22-23-19(27-17)29-11-16(25)21-18-20-14(10-28-18)12-6-8-13(26-4)9-7-12/h6-10,15H,5,11H2,1-4H3,(H,20,21,25)/p+1/t15-/m1/s1. The Kier molecular flexibility index (Phi) is 7.24. The highest BCUT2D eigenvalue weighted by atomic mass is 32.2. The number of ether oxygens (including phenoxy) is 1. The van der Waals surface area contributed by atoms with Crippen LogP contribution in [-0.4, -0.2) is 48.0 Å². The summed E-state index contributed by atoms with van der Waals surface area (Å²) in [5, 5.41) is 13.8. The molecule has 0 saturated carbocycles. The molecule has 154 valence electrons. The van der Waals surface area contributed by atoms with Gasteiger partial charge in [0.25, 0.3) is 11.1 Å². The van der Waals surface area contributed by atoms with Gasteiger partial charge in [0.15, 0.2) is 11.2 Å². The number of methoxy groups -OCH3 is 1. The van der Waals surface area contributed by atoms with Crippen molar-refractivity contribution in [1.82, 2.24) is 15.2 Å². The highest BCUT2D eigenvalue weighted by molar-refractivity contribution is 7.99. The fourth-order valence-corrected chi connectivity index (χ4v) is 4.06. The highest BCUT2D eigenvalue weighted by Crippen LogP contribution is 2.27. The molecule has 2 N–H and O–H groups in total. The van der Waals surface area contributed by atoms with E-state index in [2.05, 4.69) is 27.4 Å². The molecule has 8 nitrogen and oxygen atoms in total. The molecule has 0 radical (unpaired) electrons. The second-order valence-corrected chi connectivity index (χ2v) is 8.33. The lowest BCUT2D eigenvalue weighted by Gasteiger charge is -2.15. The number of anilines is 1. The lowest BCUT2D eigenvalue weighted by molar-refractivity contribution is -0.894. The molecule has 10 heteroatoms. The predicted molar refractivity (Wildman–Crippen MR) is 114 cm³/mol. The van der Waals surface area contributed by atoms with E-state index in [1.807, 2.05) is 43.7 Å². The minimum absolute atomic E-state index is 0.150. The number of hydrogen-bond acceptors (Lipinski definition) is 8. The molecule has 2 aromatic heterocycles. The van der Waals surface area contributed by atoms with Crippen LogP contribution < -0.4 is 15.0 Å². The fourth-order valence-electron chi connectivity index (χ4n) is 2.76. The van der Waals surface area contributed by atoms with Crippen LogP contribution in [0.25, 0.3) is 11.3 Å². The first-order valence-electron chi connectivity index (χ1n) is 9.16. The van der Waals surface area contributed by atoms with Gasteiger partial charge in [-0.1, -0.05) is 18.7 Å². The smallest absolute Gasteiger partial charge is 0.277 e. The number of hydrogen-bond donors (Lipinski definition) is 2. The van der Waals surface area contributed by atoms with E-state index in [1.54, 1.807) is 7.11 Å². The lowest BCUT2D eigenvalue weighted by Crippen LogP contribution is -3.06. The first-order chi connectivity index (χ1) is 14.0. The summed E-state index contributed by atoms with van der Waals surface area (Å²) in [4.78, 5) is 17.9. The number of carbonyl (C=O) groups excluding carboxylic acids is 1. The summed E-state index contributed by atoms with van der Waals surface area (Å²) < 4.78 is 10.9. The average Bonchev–Trinajstić information content (AvgIpc) is 3.37. The monoisotopic (exact) mass is 434 g/mol. The van der Waals surface area contributed by atoms with Crippen LogP contribution in [0.3, 0.4) is 0 Å². The number of benzene rings is 1. The molecule has 3 aromatic rings. The van der Waals surface area contributed by atoms with Crippen LogP contribution in [-0.2, 0) is 4.79 Å². The van der Waals surface area contributed by atoms with Crippen LogP contribution in [0.1, 0.15) is 25.3 Å². The van der Waals surface area contributed by atoms with Gasteiger partial charge in [-0.15, -0.1) is 21.5 Å². The summed E-state index contributed by atoms with van der Waals surface area (Å²) in [7, 11) is 5.73. The maximum absolute atomic E-state index is 12.2. The van der Waals surface area contributed by atoms with E-state index < -0.39 is 0 Å². The van der Waals surface area contributed by atoms with E-state index in [1.165, 1.54) is 28.0 Å². The predicted octanol–water partition coefficient (Wildman–Crippen LogP) is 2.53. The van der Waals surface area contributed by atoms with Gasteiger partial charge < -0.3 is 19.4 Å². The minimum Gasteiger partial charge on any atom is -0.497 e. The van der Waals surface area contributed by atoms with Gasteiger partial charge >= 0.3 is 0 Å². The molecule has 0 fully saturated rings. The molecule has 0 aliphatic heterocycles. The second-order valence-electron chi connectivity index (χ2n) is 6.55. The molecular weight excluding hydrogens is 410 g/mol. The van der Waals surface area contributed by atoms with Crippen LogP contribution in [0, 0.1) is 0 Å². The molecule has 3 rings (SSSR count). The number of rotatable bonds is 9. The largest absolute Gasteiger partial charge is 0.497 e. The Morgan fingerprint density at radius 3 is 2.72 bits per heavy atom. The van der Waals surface area contributed by atoms with Gasteiger partial charge in [-0.3, -0.25) is 4.79 Å². The third-order valence-electron chi connectivity index (χ3n) is 4.29. The third kappa shape index (κ3) is 5.55. The Morgan fingerprint density at radius 1 is 1.31 bits per heavy atom. The maximum atomic E-state index is 12.2. The summed E-state index contributed by atoms with van der Waals surface area (Å²) in [5.74, 6) is 1.39. The first-order valence-corrected chi connectivity index (χ1v) is 11.0. The Bertz CT molecular complexity index is 939. The Labute approximate surface area is 177 Å². The normalized spacial score (nSPS) is 12.2. The summed E-state index contributed by atoms with van der Waals surface area (Å²) in [6.45, 7) is 2.08. The van der Waals surface area contributed by atoms with Crippen LogP contribution in [0.15, 0.2) is 39.3 Å². The van der Waals surface area contributed by atoms with Crippen molar-refractivity contribution in [3.05, 3.63) is 35.5 Å². The van der Waals surface area contributed by atoms with Crippen LogP contribution >= 0.6 is 23.1 Å². The molecule has 29 heavy (non-hydrogen) atoms. The van der Waals surface area contributed by atoms with Gasteiger partial charge in [0.05, 0.1) is 32.7 Å². The molecule has 0 unspecified atom stereocenters. The van der Waals surface area contributed by atoms with Crippen molar-refractivity contribution in [2.75, 3.05) is 32.3 Å². The van der Waals surface area contributed by atoms with E-state index in [4.69, 9.17) is 9.15 Å². The number of amides is 1. The maximum Gasteiger partial charge on any atom is 0.277 e. The topological polar surface area (TPSA) is 94.6 Å². The van der Waals surface area contributed by atoms with Crippen LogP contribution in [0.2, 0.25) is 0 Å². The van der Waals surface area contributed by atoms with E-state index in [0.717, 1.165) is 23.4 Å². The summed E-state index contributed by atoms with van der Waals surface area (Å²) in [6.07, 6.45) is 0.899. The van der Waals surface area contributed by atoms with Crippen molar-refractivity contribution in [2.24, 2.45) is 0 Å². The van der Waals surface area contributed by atoms with E-state index in [0.29, 0.717) is 16.2 Å². The van der Waals surface area contributed by atoms with Crippen molar-refractivity contribution < 1.29 is 18.8 Å². The number of thioether (sulfide) groups is 1. The van der Waals surface area contributed by atoms with Crippen LogP contribution in [0.4, 0.5) is 5.13 Å². The summed E-state index contributed by atoms with van der Waals surface area (Å²) in [6, 6.07) is 7.77. The molecular formula is C19H24N5O3S2+.